The first-order chi connectivity index (χ1) is 11.5. The van der Waals surface area contributed by atoms with E-state index in [0.717, 1.165) is 12.8 Å². The minimum atomic E-state index is -0.595. The lowest BCUT2D eigenvalue weighted by molar-refractivity contribution is -0.124. The van der Waals surface area contributed by atoms with E-state index in [1.807, 2.05) is 37.3 Å². The van der Waals surface area contributed by atoms with Crippen molar-refractivity contribution in [3.8, 4) is 5.75 Å². The quantitative estimate of drug-likeness (QED) is 0.767. The van der Waals surface area contributed by atoms with Crippen molar-refractivity contribution in [1.29, 1.82) is 0 Å². The number of hydrogen-bond acceptors (Lipinski definition) is 4. The second-order valence-corrected chi connectivity index (χ2v) is 5.62. The van der Waals surface area contributed by atoms with Gasteiger partial charge in [-0.05, 0) is 49.6 Å². The van der Waals surface area contributed by atoms with Crippen molar-refractivity contribution in [3.05, 3.63) is 65.7 Å². The molecule has 0 aliphatic carbocycles. The van der Waals surface area contributed by atoms with E-state index in [1.54, 1.807) is 0 Å². The number of hydrogen-bond donors (Lipinski definition) is 2. The molecule has 0 heterocycles. The number of amides is 1. The lowest BCUT2D eigenvalue weighted by atomic mass is 10.1. The molecule has 126 valence electrons. The molecule has 0 saturated carbocycles. The maximum Gasteiger partial charge on any atom is 0.338 e. The maximum atomic E-state index is 11.8. The number of aryl methyl sites for hydroxylation is 1. The van der Waals surface area contributed by atoms with Crippen molar-refractivity contribution in [2.75, 3.05) is 6.61 Å². The molecule has 2 aromatic carbocycles. The zero-order valence-corrected chi connectivity index (χ0v) is 13.6. The first-order valence-corrected chi connectivity index (χ1v) is 7.84. The van der Waals surface area contributed by atoms with Crippen LogP contribution in [0.25, 0.3) is 0 Å². The van der Waals surface area contributed by atoms with E-state index in [4.69, 9.17) is 4.74 Å². The van der Waals surface area contributed by atoms with Gasteiger partial charge in [0.1, 0.15) is 5.75 Å². The molecule has 1 amide bonds. The summed E-state index contributed by atoms with van der Waals surface area (Å²) in [5.41, 5.74) is 1.51. The Balaban J connectivity index is 1.70. The lowest BCUT2D eigenvalue weighted by Crippen LogP contribution is -2.36. The number of nitrogens with one attached hydrogen (secondary N) is 1. The second-order valence-electron chi connectivity index (χ2n) is 5.62. The molecular formula is C19H21NO4. The van der Waals surface area contributed by atoms with Gasteiger partial charge >= 0.3 is 5.97 Å². The molecule has 0 spiro atoms. The Kier molecular flexibility index (Phi) is 6.37. The summed E-state index contributed by atoms with van der Waals surface area (Å²) in [5, 5.41) is 12.0. The second kappa shape index (κ2) is 8.72. The summed E-state index contributed by atoms with van der Waals surface area (Å²) < 4.78 is 4.96. The molecular weight excluding hydrogens is 306 g/mol. The number of ether oxygens (including phenoxy) is 1. The van der Waals surface area contributed by atoms with Crippen LogP contribution in [0.5, 0.6) is 5.75 Å². The molecule has 5 heteroatoms. The fraction of sp³-hybridized carbons (Fsp3) is 0.263. The van der Waals surface area contributed by atoms with Gasteiger partial charge in [-0.25, -0.2) is 4.79 Å². The van der Waals surface area contributed by atoms with Crippen molar-refractivity contribution in [2.24, 2.45) is 0 Å². The largest absolute Gasteiger partial charge is 0.508 e. The van der Waals surface area contributed by atoms with Crippen LogP contribution in [-0.4, -0.2) is 29.6 Å². The van der Waals surface area contributed by atoms with Gasteiger partial charge in [0.15, 0.2) is 6.61 Å². The summed E-state index contributed by atoms with van der Waals surface area (Å²) in [5.74, 6) is -0.860. The number of benzene rings is 2. The van der Waals surface area contributed by atoms with Crippen LogP contribution in [0, 0.1) is 0 Å². The van der Waals surface area contributed by atoms with Crippen LogP contribution in [0.1, 0.15) is 29.3 Å². The molecule has 2 aromatic rings. The number of aromatic hydroxyl groups is 1. The molecule has 1 atom stereocenters. The van der Waals surface area contributed by atoms with E-state index >= 15 is 0 Å². The molecule has 0 fully saturated rings. The summed E-state index contributed by atoms with van der Waals surface area (Å²) in [6.07, 6.45) is 1.68. The van der Waals surface area contributed by atoms with Gasteiger partial charge in [0.05, 0.1) is 5.56 Å². The Labute approximate surface area is 141 Å². The van der Waals surface area contributed by atoms with Gasteiger partial charge in [0.2, 0.25) is 0 Å². The molecule has 0 radical (unpaired) electrons. The zero-order chi connectivity index (χ0) is 17.4. The molecule has 5 nitrogen and oxygen atoms in total. The Bertz CT molecular complexity index is 668. The highest BCUT2D eigenvalue weighted by molar-refractivity contribution is 5.91. The first-order valence-electron chi connectivity index (χ1n) is 7.84. The Morgan fingerprint density at radius 2 is 1.75 bits per heavy atom. The van der Waals surface area contributed by atoms with Crippen molar-refractivity contribution in [3.63, 3.8) is 0 Å². The van der Waals surface area contributed by atoms with Gasteiger partial charge in [0.25, 0.3) is 5.91 Å². The van der Waals surface area contributed by atoms with Crippen LogP contribution >= 0.6 is 0 Å². The fourth-order valence-electron chi connectivity index (χ4n) is 2.23. The van der Waals surface area contributed by atoms with Crippen molar-refractivity contribution >= 4 is 11.9 Å². The minimum absolute atomic E-state index is 0.00918. The topological polar surface area (TPSA) is 75.6 Å². The van der Waals surface area contributed by atoms with E-state index in [1.165, 1.54) is 29.8 Å². The number of esters is 1. The summed E-state index contributed by atoms with van der Waals surface area (Å²) in [4.78, 5) is 23.6. The summed E-state index contributed by atoms with van der Waals surface area (Å²) in [6, 6.07) is 15.7. The highest BCUT2D eigenvalue weighted by Gasteiger charge is 2.12. The SMILES string of the molecule is C[C@H](CCc1ccccc1)NC(=O)COC(=O)c1ccc(O)cc1. The van der Waals surface area contributed by atoms with E-state index < -0.39 is 5.97 Å². The smallest absolute Gasteiger partial charge is 0.338 e. The number of phenols is 1. The average Bonchev–Trinajstić information content (AvgIpc) is 2.59. The first kappa shape index (κ1) is 17.5. The number of carbonyl (C=O) groups excluding carboxylic acids is 2. The summed E-state index contributed by atoms with van der Waals surface area (Å²) in [7, 11) is 0. The number of phenolic OH excluding ortho intramolecular Hbond substituents is 1. The van der Waals surface area contributed by atoms with Crippen LogP contribution in [0.2, 0.25) is 0 Å². The Hall–Kier alpha value is -2.82. The van der Waals surface area contributed by atoms with Crippen molar-refractivity contribution in [1.82, 2.24) is 5.32 Å². The lowest BCUT2D eigenvalue weighted by Gasteiger charge is -2.14. The molecule has 0 aliphatic heterocycles. The molecule has 0 aliphatic rings. The summed E-state index contributed by atoms with van der Waals surface area (Å²) in [6.45, 7) is 1.60. The van der Waals surface area contributed by atoms with E-state index in [2.05, 4.69) is 5.32 Å². The molecule has 0 aromatic heterocycles. The van der Waals surface area contributed by atoms with Crippen LogP contribution < -0.4 is 5.32 Å². The average molecular weight is 327 g/mol. The van der Waals surface area contributed by atoms with Crippen molar-refractivity contribution < 1.29 is 19.4 Å². The van der Waals surface area contributed by atoms with Crippen molar-refractivity contribution in [2.45, 2.75) is 25.8 Å². The fourth-order valence-corrected chi connectivity index (χ4v) is 2.23. The molecule has 0 saturated heterocycles. The monoisotopic (exact) mass is 327 g/mol. The third-order valence-corrected chi connectivity index (χ3v) is 3.55. The summed E-state index contributed by atoms with van der Waals surface area (Å²) >= 11 is 0. The Morgan fingerprint density at radius 1 is 1.08 bits per heavy atom. The van der Waals surface area contributed by atoms with Crippen LogP contribution in [-0.2, 0) is 16.0 Å². The predicted octanol–water partition coefficient (Wildman–Crippen LogP) is 2.69. The normalized spacial score (nSPS) is 11.5. The van der Waals surface area contributed by atoms with E-state index in [0.29, 0.717) is 0 Å². The minimum Gasteiger partial charge on any atom is -0.508 e. The van der Waals surface area contributed by atoms with Gasteiger partial charge < -0.3 is 15.2 Å². The predicted molar refractivity (Wildman–Crippen MR) is 90.8 cm³/mol. The highest BCUT2D eigenvalue weighted by Crippen LogP contribution is 2.10. The van der Waals surface area contributed by atoms with Crippen LogP contribution in [0.4, 0.5) is 0 Å². The van der Waals surface area contributed by atoms with Gasteiger partial charge in [-0.15, -0.1) is 0 Å². The van der Waals surface area contributed by atoms with Crippen LogP contribution in [0.3, 0.4) is 0 Å². The molecule has 0 bridgehead atoms. The standard InChI is InChI=1S/C19H21NO4/c1-14(7-8-15-5-3-2-4-6-15)20-18(22)13-24-19(23)16-9-11-17(21)12-10-16/h2-6,9-12,14,21H,7-8,13H2,1H3,(H,20,22)/t14-/m1/s1. The van der Waals surface area contributed by atoms with Gasteiger partial charge in [0, 0.05) is 6.04 Å². The molecule has 2 rings (SSSR count). The Morgan fingerprint density at radius 3 is 2.42 bits per heavy atom. The van der Waals surface area contributed by atoms with E-state index in [-0.39, 0.29) is 29.9 Å². The van der Waals surface area contributed by atoms with E-state index in [9.17, 15) is 14.7 Å². The molecule has 2 N–H and O–H groups in total. The van der Waals surface area contributed by atoms with Gasteiger partial charge in [-0.1, -0.05) is 30.3 Å². The van der Waals surface area contributed by atoms with Crippen LogP contribution in [0.15, 0.2) is 54.6 Å². The number of rotatable bonds is 7. The third kappa shape index (κ3) is 5.76. The third-order valence-electron chi connectivity index (χ3n) is 3.55. The maximum absolute atomic E-state index is 11.8. The highest BCUT2D eigenvalue weighted by atomic mass is 16.5. The zero-order valence-electron chi connectivity index (χ0n) is 13.6. The molecule has 24 heavy (non-hydrogen) atoms. The van der Waals surface area contributed by atoms with Gasteiger partial charge in [-0.2, -0.15) is 0 Å². The number of carbonyl (C=O) groups is 2. The van der Waals surface area contributed by atoms with Gasteiger partial charge in [-0.3, -0.25) is 4.79 Å². The molecule has 0 unspecified atom stereocenters.